The molecular weight excluding hydrogens is 361 g/mol. The Hall–Kier alpha value is -2.51. The molecule has 154 valence electrons. The second-order valence-corrected chi connectivity index (χ2v) is 8.10. The first-order chi connectivity index (χ1) is 13.3. The van der Waals surface area contributed by atoms with Crippen LogP contribution in [0.4, 0.5) is 14.9 Å². The van der Waals surface area contributed by atoms with E-state index >= 15 is 0 Å². The number of piperazine rings is 1. The number of nitrogens with zero attached hydrogens (tertiary/aromatic N) is 3. The average molecular weight is 391 g/mol. The first kappa shape index (κ1) is 20.2. The molecule has 0 aliphatic carbocycles. The SMILES string of the molecule is CC(C)(C)OC(=O)N1CCN(c2ccc(CNC3=NCCCN3)cc2F)CC1. The van der Waals surface area contributed by atoms with Gasteiger partial charge in [-0.1, -0.05) is 6.07 Å². The minimum atomic E-state index is -0.511. The minimum Gasteiger partial charge on any atom is -0.444 e. The van der Waals surface area contributed by atoms with E-state index in [1.807, 2.05) is 37.8 Å². The molecule has 28 heavy (non-hydrogen) atoms. The lowest BCUT2D eigenvalue weighted by atomic mass is 10.1. The van der Waals surface area contributed by atoms with Crippen molar-refractivity contribution in [1.82, 2.24) is 15.5 Å². The first-order valence-electron chi connectivity index (χ1n) is 9.85. The zero-order chi connectivity index (χ0) is 20.1. The third-order valence-electron chi connectivity index (χ3n) is 4.64. The number of guanidine groups is 1. The highest BCUT2D eigenvalue weighted by molar-refractivity contribution is 5.80. The molecule has 0 spiro atoms. The lowest BCUT2D eigenvalue weighted by Crippen LogP contribution is -2.50. The first-order valence-corrected chi connectivity index (χ1v) is 9.85. The van der Waals surface area contributed by atoms with Crippen molar-refractivity contribution in [3.05, 3.63) is 29.6 Å². The highest BCUT2D eigenvalue weighted by atomic mass is 19.1. The van der Waals surface area contributed by atoms with Crippen LogP contribution >= 0.6 is 0 Å². The van der Waals surface area contributed by atoms with Crippen LogP contribution in [0.3, 0.4) is 0 Å². The molecule has 7 nitrogen and oxygen atoms in total. The van der Waals surface area contributed by atoms with Crippen LogP contribution in [0, 0.1) is 5.82 Å². The Morgan fingerprint density at radius 1 is 1.29 bits per heavy atom. The third kappa shape index (κ3) is 5.50. The molecule has 0 atom stereocenters. The normalized spacial score (nSPS) is 17.6. The van der Waals surface area contributed by atoms with E-state index in [0.717, 1.165) is 31.0 Å². The Kier molecular flexibility index (Phi) is 6.26. The molecule has 1 aromatic carbocycles. The van der Waals surface area contributed by atoms with Gasteiger partial charge in [0.05, 0.1) is 5.69 Å². The number of aliphatic imine (C=N–C) groups is 1. The number of nitrogens with one attached hydrogen (secondary N) is 2. The molecule has 8 heteroatoms. The van der Waals surface area contributed by atoms with Crippen molar-refractivity contribution < 1.29 is 13.9 Å². The molecule has 2 aliphatic heterocycles. The number of amides is 1. The van der Waals surface area contributed by atoms with Gasteiger partial charge in [-0.3, -0.25) is 4.99 Å². The average Bonchev–Trinajstić information content (AvgIpc) is 2.66. The van der Waals surface area contributed by atoms with E-state index in [0.29, 0.717) is 38.4 Å². The van der Waals surface area contributed by atoms with Gasteiger partial charge in [-0.05, 0) is 44.9 Å². The summed E-state index contributed by atoms with van der Waals surface area (Å²) in [5, 5.41) is 6.39. The van der Waals surface area contributed by atoms with Crippen molar-refractivity contribution in [3.8, 4) is 0 Å². The summed E-state index contributed by atoms with van der Waals surface area (Å²) in [6.07, 6.45) is 0.726. The monoisotopic (exact) mass is 391 g/mol. The van der Waals surface area contributed by atoms with Crippen LogP contribution < -0.4 is 15.5 Å². The number of carbonyl (C=O) groups is 1. The summed E-state index contributed by atoms with van der Waals surface area (Å²) in [5.41, 5.74) is 0.924. The third-order valence-corrected chi connectivity index (χ3v) is 4.64. The standard InChI is InChI=1S/C20H30FN5O2/c1-20(2,3)28-19(27)26-11-9-25(10-12-26)17-6-5-15(13-16(17)21)14-24-18-22-7-4-8-23-18/h5-6,13H,4,7-12,14H2,1-3H3,(H2,22,23,24). The van der Waals surface area contributed by atoms with Crippen molar-refractivity contribution in [2.45, 2.75) is 39.3 Å². The van der Waals surface area contributed by atoms with Gasteiger partial charge in [0.2, 0.25) is 0 Å². The summed E-state index contributed by atoms with van der Waals surface area (Å²) in [4.78, 5) is 20.2. The van der Waals surface area contributed by atoms with Crippen LogP contribution in [0.2, 0.25) is 0 Å². The van der Waals surface area contributed by atoms with Crippen molar-refractivity contribution in [3.63, 3.8) is 0 Å². The Bertz CT molecular complexity index is 724. The van der Waals surface area contributed by atoms with E-state index in [2.05, 4.69) is 15.6 Å². The maximum Gasteiger partial charge on any atom is 0.410 e. The molecule has 0 saturated carbocycles. The molecule has 2 N–H and O–H groups in total. The lowest BCUT2D eigenvalue weighted by Gasteiger charge is -2.36. The van der Waals surface area contributed by atoms with Crippen molar-refractivity contribution in [2.24, 2.45) is 4.99 Å². The second kappa shape index (κ2) is 8.67. The van der Waals surface area contributed by atoms with Crippen molar-refractivity contribution >= 4 is 17.7 Å². The maximum absolute atomic E-state index is 14.7. The second-order valence-electron chi connectivity index (χ2n) is 8.10. The molecule has 1 amide bonds. The fourth-order valence-electron chi connectivity index (χ4n) is 3.21. The van der Waals surface area contributed by atoms with Crippen LogP contribution in [0.15, 0.2) is 23.2 Å². The molecule has 2 heterocycles. The Morgan fingerprint density at radius 3 is 2.64 bits per heavy atom. The van der Waals surface area contributed by atoms with Gasteiger partial charge in [0.15, 0.2) is 5.96 Å². The van der Waals surface area contributed by atoms with Gasteiger partial charge in [-0.2, -0.15) is 0 Å². The highest BCUT2D eigenvalue weighted by Crippen LogP contribution is 2.22. The van der Waals surface area contributed by atoms with Crippen LogP contribution in [0.25, 0.3) is 0 Å². The van der Waals surface area contributed by atoms with Crippen LogP contribution in [-0.4, -0.2) is 61.8 Å². The van der Waals surface area contributed by atoms with Crippen LogP contribution in [-0.2, 0) is 11.3 Å². The smallest absolute Gasteiger partial charge is 0.410 e. The lowest BCUT2D eigenvalue weighted by molar-refractivity contribution is 0.0240. The summed E-state index contributed by atoms with van der Waals surface area (Å²) in [6.45, 7) is 9.99. The van der Waals surface area contributed by atoms with Crippen molar-refractivity contribution in [1.29, 1.82) is 0 Å². The van der Waals surface area contributed by atoms with Gasteiger partial charge in [0, 0.05) is 45.8 Å². The van der Waals surface area contributed by atoms with Gasteiger partial charge in [-0.15, -0.1) is 0 Å². The zero-order valence-corrected chi connectivity index (χ0v) is 16.9. The molecule has 0 bridgehead atoms. The number of hydrogen-bond donors (Lipinski definition) is 2. The van der Waals surface area contributed by atoms with E-state index in [1.54, 1.807) is 11.0 Å². The number of benzene rings is 1. The number of halogens is 1. The largest absolute Gasteiger partial charge is 0.444 e. The van der Waals surface area contributed by atoms with E-state index in [9.17, 15) is 9.18 Å². The van der Waals surface area contributed by atoms with E-state index in [-0.39, 0.29) is 11.9 Å². The number of ether oxygens (including phenoxy) is 1. The van der Waals surface area contributed by atoms with E-state index in [1.165, 1.54) is 0 Å². The molecule has 0 aromatic heterocycles. The number of carbonyl (C=O) groups excluding carboxylic acids is 1. The number of anilines is 1. The molecule has 1 aromatic rings. The summed E-state index contributed by atoms with van der Waals surface area (Å²) in [6, 6.07) is 5.30. The topological polar surface area (TPSA) is 69.2 Å². The summed E-state index contributed by atoms with van der Waals surface area (Å²) in [5.74, 6) is 0.526. The highest BCUT2D eigenvalue weighted by Gasteiger charge is 2.26. The molecular formula is C20H30FN5O2. The molecule has 0 radical (unpaired) electrons. The van der Waals surface area contributed by atoms with Gasteiger partial charge in [-0.25, -0.2) is 9.18 Å². The molecule has 1 saturated heterocycles. The Labute approximate surface area is 165 Å². The van der Waals surface area contributed by atoms with E-state index < -0.39 is 5.60 Å². The number of rotatable bonds is 3. The number of hydrogen-bond acceptors (Lipinski definition) is 6. The molecule has 3 rings (SSSR count). The quantitative estimate of drug-likeness (QED) is 0.828. The molecule has 0 unspecified atom stereocenters. The predicted octanol–water partition coefficient (Wildman–Crippen LogP) is 2.32. The van der Waals surface area contributed by atoms with Crippen LogP contribution in [0.1, 0.15) is 32.8 Å². The molecule has 1 fully saturated rings. The van der Waals surface area contributed by atoms with Crippen molar-refractivity contribution in [2.75, 3.05) is 44.2 Å². The van der Waals surface area contributed by atoms with Gasteiger partial charge in [0.1, 0.15) is 11.4 Å². The van der Waals surface area contributed by atoms with Crippen LogP contribution in [0.5, 0.6) is 0 Å². The fraction of sp³-hybridized carbons (Fsp3) is 0.600. The summed E-state index contributed by atoms with van der Waals surface area (Å²) in [7, 11) is 0. The summed E-state index contributed by atoms with van der Waals surface area (Å²) < 4.78 is 20.1. The fourth-order valence-corrected chi connectivity index (χ4v) is 3.21. The Balaban J connectivity index is 1.53. The van der Waals surface area contributed by atoms with E-state index in [4.69, 9.17) is 4.74 Å². The predicted molar refractivity (Wildman–Crippen MR) is 108 cm³/mol. The van der Waals surface area contributed by atoms with Gasteiger partial charge >= 0.3 is 6.09 Å². The molecule has 2 aliphatic rings. The minimum absolute atomic E-state index is 0.247. The summed E-state index contributed by atoms with van der Waals surface area (Å²) >= 11 is 0. The zero-order valence-electron chi connectivity index (χ0n) is 16.9. The maximum atomic E-state index is 14.7. The Morgan fingerprint density at radius 2 is 2.04 bits per heavy atom. The van der Waals surface area contributed by atoms with Gasteiger partial charge in [0.25, 0.3) is 0 Å². The van der Waals surface area contributed by atoms with Gasteiger partial charge < -0.3 is 25.2 Å².